The van der Waals surface area contributed by atoms with E-state index in [1.54, 1.807) is 0 Å². The van der Waals surface area contributed by atoms with Crippen molar-refractivity contribution in [2.24, 2.45) is 5.41 Å². The molecule has 24 heavy (non-hydrogen) atoms. The summed E-state index contributed by atoms with van der Waals surface area (Å²) in [7, 11) is 0. The normalized spacial score (nSPS) is 25.3. The number of nitrogens with one attached hydrogen (secondary N) is 1. The first-order valence-electron chi connectivity index (χ1n) is 8.30. The number of amides is 1. The van der Waals surface area contributed by atoms with E-state index >= 15 is 0 Å². The summed E-state index contributed by atoms with van der Waals surface area (Å²) in [6, 6.07) is 0. The quantitative estimate of drug-likeness (QED) is 0.743. The lowest BCUT2D eigenvalue weighted by molar-refractivity contribution is -0.180. The highest BCUT2D eigenvalue weighted by Gasteiger charge is 2.61. The summed E-state index contributed by atoms with van der Waals surface area (Å²) in [6.45, 7) is 10.4. The number of aliphatic hydroxyl groups excluding tert-OH is 1. The van der Waals surface area contributed by atoms with Crippen molar-refractivity contribution in [2.75, 3.05) is 19.0 Å². The van der Waals surface area contributed by atoms with Crippen LogP contribution in [-0.2, 0) is 15.3 Å². The fraction of sp³-hybridized carbons (Fsp3) is 0.765. The van der Waals surface area contributed by atoms with Crippen LogP contribution in [0.1, 0.15) is 44.2 Å². The minimum absolute atomic E-state index is 0.0601. The van der Waals surface area contributed by atoms with Crippen molar-refractivity contribution in [1.29, 1.82) is 0 Å². The highest BCUT2D eigenvalue weighted by atomic mass is 32.2. The number of aliphatic hydroxyl groups is 1. The molecule has 1 heterocycles. The van der Waals surface area contributed by atoms with Crippen molar-refractivity contribution >= 4 is 17.7 Å². The molecule has 1 saturated carbocycles. The Morgan fingerprint density at radius 3 is 2.71 bits per heavy atom. The number of thioether (sulfide) groups is 1. The van der Waals surface area contributed by atoms with Crippen molar-refractivity contribution in [2.45, 2.75) is 58.4 Å². The van der Waals surface area contributed by atoms with Gasteiger partial charge in [0.05, 0.1) is 29.7 Å². The Labute approximate surface area is 147 Å². The lowest BCUT2D eigenvalue weighted by atomic mass is 9.54. The number of rotatable bonds is 8. The maximum absolute atomic E-state index is 12.3. The molecule has 0 radical (unpaired) electrons. The molecular weight excluding hydrogens is 328 g/mol. The fourth-order valence-corrected chi connectivity index (χ4v) is 4.23. The molecule has 0 spiro atoms. The van der Waals surface area contributed by atoms with Crippen molar-refractivity contribution < 1.29 is 19.2 Å². The zero-order valence-corrected chi connectivity index (χ0v) is 16.0. The summed E-state index contributed by atoms with van der Waals surface area (Å²) in [5.41, 5.74) is 1.02. The van der Waals surface area contributed by atoms with Gasteiger partial charge in [-0.2, -0.15) is 0 Å². The van der Waals surface area contributed by atoms with Gasteiger partial charge in [-0.05, 0) is 20.8 Å². The molecule has 1 aromatic rings. The van der Waals surface area contributed by atoms with Crippen LogP contribution < -0.4 is 5.32 Å². The minimum atomic E-state index is -0.604. The van der Waals surface area contributed by atoms with E-state index in [0.29, 0.717) is 24.5 Å². The first kappa shape index (κ1) is 19.3. The van der Waals surface area contributed by atoms with Crippen LogP contribution in [0.3, 0.4) is 0 Å². The first-order valence-corrected chi connectivity index (χ1v) is 9.46. The number of carbonyl (C=O) groups is 1. The Morgan fingerprint density at radius 2 is 2.21 bits per heavy atom. The zero-order chi connectivity index (χ0) is 18.0. The van der Waals surface area contributed by atoms with Crippen LogP contribution in [0, 0.1) is 19.3 Å². The molecule has 0 aromatic carbocycles. The third kappa shape index (κ3) is 3.48. The standard InChI is InChI=1S/C17H28N2O4S/c1-6-22-14-7-17(10-20,16(14,4)5)18-15(21)9-24-8-13-11(2)19-23-12(13)3/h14,20H,6-10H2,1-5H3,(H,18,21)/t14-,17-/m0/s1. The number of aromatic nitrogens is 1. The molecule has 2 N–H and O–H groups in total. The molecule has 7 heteroatoms. The van der Waals surface area contributed by atoms with Gasteiger partial charge in [0.1, 0.15) is 5.76 Å². The molecule has 0 bridgehead atoms. The second-order valence-electron chi connectivity index (χ2n) is 6.95. The van der Waals surface area contributed by atoms with Gasteiger partial charge in [0.15, 0.2) is 0 Å². The molecule has 136 valence electrons. The molecule has 1 amide bonds. The lowest BCUT2D eigenvalue weighted by Gasteiger charge is -2.60. The summed E-state index contributed by atoms with van der Waals surface area (Å²) in [6.07, 6.45) is 0.704. The first-order chi connectivity index (χ1) is 11.3. The van der Waals surface area contributed by atoms with Gasteiger partial charge in [0.2, 0.25) is 5.91 Å². The van der Waals surface area contributed by atoms with E-state index in [0.717, 1.165) is 17.0 Å². The molecule has 1 aliphatic carbocycles. The average Bonchev–Trinajstić information content (AvgIpc) is 2.85. The molecule has 2 rings (SSSR count). The Balaban J connectivity index is 1.87. The predicted molar refractivity (Wildman–Crippen MR) is 93.9 cm³/mol. The second kappa shape index (κ2) is 7.45. The summed E-state index contributed by atoms with van der Waals surface area (Å²) in [4.78, 5) is 12.3. The van der Waals surface area contributed by atoms with Crippen molar-refractivity contribution in [3.8, 4) is 0 Å². The molecule has 0 unspecified atom stereocenters. The van der Waals surface area contributed by atoms with E-state index in [1.807, 2.05) is 34.6 Å². The zero-order valence-electron chi connectivity index (χ0n) is 15.1. The molecule has 1 fully saturated rings. The van der Waals surface area contributed by atoms with Gasteiger partial charge in [0, 0.05) is 29.8 Å². The second-order valence-corrected chi connectivity index (χ2v) is 7.94. The summed E-state index contributed by atoms with van der Waals surface area (Å²) in [5, 5.41) is 16.8. The maximum atomic E-state index is 12.3. The van der Waals surface area contributed by atoms with Crippen molar-refractivity contribution in [3.05, 3.63) is 17.0 Å². The molecular formula is C17H28N2O4S. The van der Waals surface area contributed by atoms with E-state index in [4.69, 9.17) is 9.26 Å². The maximum Gasteiger partial charge on any atom is 0.230 e. The van der Waals surface area contributed by atoms with Crippen molar-refractivity contribution in [3.63, 3.8) is 0 Å². The Bertz CT molecular complexity index is 568. The van der Waals surface area contributed by atoms with Gasteiger partial charge in [0.25, 0.3) is 0 Å². The van der Waals surface area contributed by atoms with Gasteiger partial charge in [-0.3, -0.25) is 4.79 Å². The number of nitrogens with zero attached hydrogens (tertiary/aromatic N) is 1. The Hall–Kier alpha value is -1.05. The fourth-order valence-electron chi connectivity index (χ4n) is 3.26. The number of hydrogen-bond donors (Lipinski definition) is 2. The number of carbonyl (C=O) groups excluding carboxylic acids is 1. The third-order valence-corrected chi connectivity index (χ3v) is 6.21. The molecule has 0 saturated heterocycles. The predicted octanol–water partition coefficient (Wildman–Crippen LogP) is 2.21. The number of hydrogen-bond acceptors (Lipinski definition) is 6. The summed E-state index contributed by atoms with van der Waals surface area (Å²) < 4.78 is 10.8. The van der Waals surface area contributed by atoms with Crippen LogP contribution in [0.4, 0.5) is 0 Å². The molecule has 0 aliphatic heterocycles. The molecule has 2 atom stereocenters. The third-order valence-electron chi connectivity index (χ3n) is 5.25. The largest absolute Gasteiger partial charge is 0.394 e. The van der Waals surface area contributed by atoms with E-state index < -0.39 is 5.54 Å². The molecule has 6 nitrogen and oxygen atoms in total. The van der Waals surface area contributed by atoms with E-state index in [-0.39, 0.29) is 24.0 Å². The van der Waals surface area contributed by atoms with Crippen LogP contribution in [0.2, 0.25) is 0 Å². The van der Waals surface area contributed by atoms with Crippen LogP contribution in [0.15, 0.2) is 4.52 Å². The van der Waals surface area contributed by atoms with Gasteiger partial charge >= 0.3 is 0 Å². The van der Waals surface area contributed by atoms with Gasteiger partial charge in [-0.1, -0.05) is 19.0 Å². The Kier molecular flexibility index (Phi) is 5.99. The van der Waals surface area contributed by atoms with E-state index in [2.05, 4.69) is 10.5 Å². The van der Waals surface area contributed by atoms with Crippen molar-refractivity contribution in [1.82, 2.24) is 10.5 Å². The van der Waals surface area contributed by atoms with Crippen LogP contribution in [-0.4, -0.2) is 46.8 Å². The van der Waals surface area contributed by atoms with Gasteiger partial charge < -0.3 is 19.7 Å². The van der Waals surface area contributed by atoms with E-state index in [9.17, 15) is 9.90 Å². The molecule has 1 aromatic heterocycles. The van der Waals surface area contributed by atoms with E-state index in [1.165, 1.54) is 11.8 Å². The highest BCUT2D eigenvalue weighted by molar-refractivity contribution is 7.99. The highest BCUT2D eigenvalue weighted by Crippen LogP contribution is 2.51. The summed E-state index contributed by atoms with van der Waals surface area (Å²) >= 11 is 1.52. The van der Waals surface area contributed by atoms with Crippen LogP contribution in [0.25, 0.3) is 0 Å². The lowest BCUT2D eigenvalue weighted by Crippen LogP contribution is -2.74. The molecule has 1 aliphatic rings. The van der Waals surface area contributed by atoms with Crippen LogP contribution >= 0.6 is 11.8 Å². The van der Waals surface area contributed by atoms with Gasteiger partial charge in [-0.15, -0.1) is 11.8 Å². The number of aryl methyl sites for hydroxylation is 2. The van der Waals surface area contributed by atoms with Crippen LogP contribution in [0.5, 0.6) is 0 Å². The Morgan fingerprint density at radius 1 is 1.50 bits per heavy atom. The van der Waals surface area contributed by atoms with Gasteiger partial charge in [-0.25, -0.2) is 0 Å². The average molecular weight is 356 g/mol. The number of ether oxygens (including phenoxy) is 1. The topological polar surface area (TPSA) is 84.6 Å². The SMILES string of the molecule is CCO[C@H]1C[C@@](CO)(NC(=O)CSCc2c(C)noc2C)C1(C)C. The minimum Gasteiger partial charge on any atom is -0.394 e. The summed E-state index contributed by atoms with van der Waals surface area (Å²) in [5.74, 6) is 1.75. The monoisotopic (exact) mass is 356 g/mol. The smallest absolute Gasteiger partial charge is 0.230 e.